The Labute approximate surface area is 178 Å². The molecule has 0 spiro atoms. The van der Waals surface area contributed by atoms with Crippen molar-refractivity contribution in [2.45, 2.75) is 26.4 Å². The van der Waals surface area contributed by atoms with Gasteiger partial charge in [0.1, 0.15) is 5.82 Å². The lowest BCUT2D eigenvalue weighted by atomic mass is 10.1. The predicted molar refractivity (Wildman–Crippen MR) is 120 cm³/mol. The van der Waals surface area contributed by atoms with E-state index in [2.05, 4.69) is 44.0 Å². The number of amides is 1. The Morgan fingerprint density at radius 3 is 2.62 bits per heavy atom. The first-order chi connectivity index (χ1) is 14.0. The van der Waals surface area contributed by atoms with Gasteiger partial charge in [-0.05, 0) is 55.3 Å². The molecule has 146 valence electrons. The number of aryl methyl sites for hydroxylation is 1. The van der Waals surface area contributed by atoms with Crippen LogP contribution in [0, 0.1) is 6.92 Å². The Kier molecular flexibility index (Phi) is 5.49. The predicted octanol–water partition coefficient (Wildman–Crippen LogP) is 5.65. The summed E-state index contributed by atoms with van der Waals surface area (Å²) in [6.45, 7) is 4.61. The van der Waals surface area contributed by atoms with E-state index in [1.54, 1.807) is 0 Å². The second-order valence-electron chi connectivity index (χ2n) is 7.18. The molecule has 0 aliphatic heterocycles. The number of aromatic nitrogens is 2. The van der Waals surface area contributed by atoms with Gasteiger partial charge in [-0.3, -0.25) is 4.79 Å². The Balaban J connectivity index is 1.69. The number of nitrogens with one attached hydrogen (secondary N) is 1. The molecule has 0 aliphatic rings. The molecule has 0 saturated carbocycles. The highest BCUT2D eigenvalue weighted by Crippen LogP contribution is 2.23. The molecule has 5 heteroatoms. The van der Waals surface area contributed by atoms with Crippen molar-refractivity contribution in [2.75, 3.05) is 0 Å². The van der Waals surface area contributed by atoms with E-state index in [0.717, 1.165) is 26.9 Å². The van der Waals surface area contributed by atoms with Gasteiger partial charge in [-0.25, -0.2) is 4.98 Å². The van der Waals surface area contributed by atoms with Gasteiger partial charge in [0.25, 0.3) is 5.91 Å². The highest BCUT2D eigenvalue weighted by atomic mass is 79.9. The highest BCUT2D eigenvalue weighted by molar-refractivity contribution is 9.10. The Bertz CT molecular complexity index is 1180. The number of rotatable bonds is 5. The fourth-order valence-electron chi connectivity index (χ4n) is 3.58. The van der Waals surface area contributed by atoms with E-state index in [4.69, 9.17) is 4.98 Å². The molecular weight excluding hydrogens is 426 g/mol. The van der Waals surface area contributed by atoms with E-state index in [-0.39, 0.29) is 11.9 Å². The summed E-state index contributed by atoms with van der Waals surface area (Å²) in [5.41, 5.74) is 4.80. The van der Waals surface area contributed by atoms with E-state index in [9.17, 15) is 4.79 Å². The number of para-hydroxylation sites is 2. The number of benzene rings is 3. The van der Waals surface area contributed by atoms with E-state index >= 15 is 0 Å². The van der Waals surface area contributed by atoms with Crippen LogP contribution in [0.25, 0.3) is 11.0 Å². The van der Waals surface area contributed by atoms with E-state index in [1.807, 2.05) is 68.4 Å². The number of hydrogen-bond acceptors (Lipinski definition) is 2. The zero-order valence-electron chi connectivity index (χ0n) is 16.4. The van der Waals surface area contributed by atoms with Crippen molar-refractivity contribution >= 4 is 32.9 Å². The molecule has 4 rings (SSSR count). The van der Waals surface area contributed by atoms with Crippen molar-refractivity contribution in [1.82, 2.24) is 14.9 Å². The number of fused-ring (bicyclic) bond motifs is 1. The molecule has 0 aliphatic carbocycles. The van der Waals surface area contributed by atoms with Crippen molar-refractivity contribution in [1.29, 1.82) is 0 Å². The number of imidazole rings is 1. The third-order valence-electron chi connectivity index (χ3n) is 5.04. The van der Waals surface area contributed by atoms with Gasteiger partial charge in [-0.1, -0.05) is 58.4 Å². The van der Waals surface area contributed by atoms with Gasteiger partial charge < -0.3 is 9.88 Å². The second-order valence-corrected chi connectivity index (χ2v) is 8.10. The zero-order chi connectivity index (χ0) is 20.4. The number of hydrogen-bond donors (Lipinski definition) is 1. The summed E-state index contributed by atoms with van der Waals surface area (Å²) in [5.74, 6) is 0.754. The summed E-state index contributed by atoms with van der Waals surface area (Å²) in [4.78, 5) is 17.7. The first-order valence-electron chi connectivity index (χ1n) is 9.59. The van der Waals surface area contributed by atoms with Gasteiger partial charge in [0, 0.05) is 16.6 Å². The lowest BCUT2D eigenvalue weighted by Crippen LogP contribution is -2.29. The molecule has 0 radical (unpaired) electrons. The van der Waals surface area contributed by atoms with Crippen LogP contribution in [-0.4, -0.2) is 15.5 Å². The van der Waals surface area contributed by atoms with Crippen molar-refractivity contribution in [3.8, 4) is 0 Å². The Morgan fingerprint density at radius 1 is 1.07 bits per heavy atom. The van der Waals surface area contributed by atoms with Crippen LogP contribution in [0.4, 0.5) is 0 Å². The van der Waals surface area contributed by atoms with Gasteiger partial charge >= 0.3 is 0 Å². The molecule has 0 saturated heterocycles. The molecule has 1 N–H and O–H groups in total. The third-order valence-corrected chi connectivity index (χ3v) is 5.53. The van der Waals surface area contributed by atoms with Gasteiger partial charge in [0.2, 0.25) is 0 Å². The first kappa shape index (κ1) is 19.4. The minimum atomic E-state index is -0.235. The average molecular weight is 448 g/mol. The van der Waals surface area contributed by atoms with Crippen LogP contribution in [0.5, 0.6) is 0 Å². The quantitative estimate of drug-likeness (QED) is 0.429. The van der Waals surface area contributed by atoms with Crippen LogP contribution in [0.1, 0.15) is 40.3 Å². The summed E-state index contributed by atoms with van der Waals surface area (Å²) >= 11 is 3.55. The minimum Gasteiger partial charge on any atom is -0.342 e. The maximum Gasteiger partial charge on any atom is 0.252 e. The molecule has 29 heavy (non-hydrogen) atoms. The molecule has 1 atom stereocenters. The zero-order valence-corrected chi connectivity index (χ0v) is 18.0. The molecule has 1 amide bonds. The molecule has 3 aromatic carbocycles. The maximum absolute atomic E-state index is 12.8. The number of nitrogens with zero attached hydrogens (tertiary/aromatic N) is 2. The minimum absolute atomic E-state index is 0.0864. The van der Waals surface area contributed by atoms with Gasteiger partial charge in [0.15, 0.2) is 0 Å². The molecule has 4 aromatic rings. The number of carbonyl (C=O) groups excluding carboxylic acids is 1. The third kappa shape index (κ3) is 4.10. The average Bonchev–Trinajstić information content (AvgIpc) is 3.07. The molecule has 1 unspecified atom stereocenters. The Morgan fingerprint density at radius 2 is 1.83 bits per heavy atom. The molecule has 1 heterocycles. The topological polar surface area (TPSA) is 46.9 Å². The summed E-state index contributed by atoms with van der Waals surface area (Å²) in [5, 5.41) is 3.12. The van der Waals surface area contributed by atoms with Crippen molar-refractivity contribution in [2.24, 2.45) is 0 Å². The summed E-state index contributed by atoms with van der Waals surface area (Å²) in [6.07, 6.45) is 0. The maximum atomic E-state index is 12.8. The van der Waals surface area contributed by atoms with Gasteiger partial charge in [-0.15, -0.1) is 0 Å². The standard InChI is InChI=1S/C24H22BrN3O/c1-16-8-3-4-11-20(16)24(29)26-17(2)23-27-21-12-5-6-13-22(21)28(23)15-18-9-7-10-19(25)14-18/h3-14,17H,15H2,1-2H3,(H,26,29). The second kappa shape index (κ2) is 8.21. The molecule has 0 fully saturated rings. The number of carbonyl (C=O) groups is 1. The SMILES string of the molecule is Cc1ccccc1C(=O)NC(C)c1nc2ccccc2n1Cc1cccc(Br)c1. The smallest absolute Gasteiger partial charge is 0.252 e. The Hall–Kier alpha value is -2.92. The molecular formula is C24H22BrN3O. The van der Waals surface area contributed by atoms with E-state index in [1.165, 1.54) is 5.56 Å². The van der Waals surface area contributed by atoms with Crippen LogP contribution in [0.2, 0.25) is 0 Å². The van der Waals surface area contributed by atoms with Crippen LogP contribution in [-0.2, 0) is 6.54 Å². The van der Waals surface area contributed by atoms with Gasteiger partial charge in [0.05, 0.1) is 17.1 Å². The molecule has 0 bridgehead atoms. The van der Waals surface area contributed by atoms with Crippen molar-refractivity contribution in [3.05, 3.63) is 99.8 Å². The van der Waals surface area contributed by atoms with E-state index in [0.29, 0.717) is 12.1 Å². The van der Waals surface area contributed by atoms with Gasteiger partial charge in [-0.2, -0.15) is 0 Å². The van der Waals surface area contributed by atoms with Crippen molar-refractivity contribution in [3.63, 3.8) is 0 Å². The van der Waals surface area contributed by atoms with Crippen molar-refractivity contribution < 1.29 is 4.79 Å². The summed E-state index contributed by atoms with van der Waals surface area (Å²) in [7, 11) is 0. The lowest BCUT2D eigenvalue weighted by Gasteiger charge is -2.17. The molecule has 4 nitrogen and oxygen atoms in total. The van der Waals surface area contributed by atoms with Crippen LogP contribution < -0.4 is 5.32 Å². The largest absolute Gasteiger partial charge is 0.342 e. The van der Waals surface area contributed by atoms with Crippen LogP contribution in [0.3, 0.4) is 0 Å². The lowest BCUT2D eigenvalue weighted by molar-refractivity contribution is 0.0937. The van der Waals surface area contributed by atoms with Crippen LogP contribution >= 0.6 is 15.9 Å². The van der Waals surface area contributed by atoms with E-state index < -0.39 is 0 Å². The highest BCUT2D eigenvalue weighted by Gasteiger charge is 2.20. The molecule has 1 aromatic heterocycles. The fraction of sp³-hybridized carbons (Fsp3) is 0.167. The monoisotopic (exact) mass is 447 g/mol. The van der Waals surface area contributed by atoms with Crippen LogP contribution in [0.15, 0.2) is 77.3 Å². The first-order valence-corrected chi connectivity index (χ1v) is 10.4. The number of halogens is 1. The summed E-state index contributed by atoms with van der Waals surface area (Å²) in [6, 6.07) is 23.7. The fourth-order valence-corrected chi connectivity index (χ4v) is 4.02. The normalized spacial score (nSPS) is 12.1. The summed E-state index contributed by atoms with van der Waals surface area (Å²) < 4.78 is 3.22.